The first kappa shape index (κ1) is 17.1. The summed E-state index contributed by atoms with van der Waals surface area (Å²) in [6.45, 7) is 2.25. The van der Waals surface area contributed by atoms with E-state index in [4.69, 9.17) is 15.2 Å². The molecule has 0 unspecified atom stereocenters. The Morgan fingerprint density at radius 2 is 1.80 bits per heavy atom. The number of hydrogen-bond acceptors (Lipinski definition) is 5. The van der Waals surface area contributed by atoms with Gasteiger partial charge in [-0.15, -0.1) is 0 Å². The molecule has 1 aliphatic heterocycles. The summed E-state index contributed by atoms with van der Waals surface area (Å²) < 4.78 is 10.8. The van der Waals surface area contributed by atoms with Crippen molar-refractivity contribution >= 4 is 5.91 Å². The maximum absolute atomic E-state index is 12.3. The van der Waals surface area contributed by atoms with Crippen LogP contribution in [0.2, 0.25) is 0 Å². The van der Waals surface area contributed by atoms with Gasteiger partial charge in [0.1, 0.15) is 11.8 Å². The lowest BCUT2D eigenvalue weighted by Gasteiger charge is -2.46. The minimum atomic E-state index is -0.662. The summed E-state index contributed by atoms with van der Waals surface area (Å²) in [6, 6.07) is 10.3. The Morgan fingerprint density at radius 3 is 2.40 bits per heavy atom. The molecule has 0 aliphatic carbocycles. The third-order valence-corrected chi connectivity index (χ3v) is 4.64. The highest BCUT2D eigenvalue weighted by atomic mass is 16.5. The number of benzene rings is 2. The van der Waals surface area contributed by atoms with Gasteiger partial charge in [0, 0.05) is 17.7 Å². The fourth-order valence-electron chi connectivity index (χ4n) is 3.43. The van der Waals surface area contributed by atoms with E-state index in [1.54, 1.807) is 25.0 Å². The monoisotopic (exact) mass is 342 g/mol. The molecule has 3 N–H and O–H groups in total. The standard InChI is InChI=1S/C19H22N2O4/c1-11-17(24-2)13(9-14(22)18(11)25-3)16-15(20)19(23)21(16)10-12-7-5-4-6-8-12/h4-9,15-16,22H,10,20H2,1-3H3/t15-,16+/m0/s1. The molecule has 0 radical (unpaired) electrons. The van der Waals surface area contributed by atoms with Crippen LogP contribution < -0.4 is 15.2 Å². The van der Waals surface area contributed by atoms with Gasteiger partial charge in [-0.1, -0.05) is 30.3 Å². The highest BCUT2D eigenvalue weighted by Crippen LogP contribution is 2.46. The molecule has 25 heavy (non-hydrogen) atoms. The number of rotatable bonds is 5. The van der Waals surface area contributed by atoms with Crippen molar-refractivity contribution in [2.75, 3.05) is 14.2 Å². The molecule has 0 aromatic heterocycles. The number of nitrogens with two attached hydrogens (primary N) is 1. The number of phenols is 1. The Hall–Kier alpha value is -2.73. The SMILES string of the molecule is COc1c(O)cc([C@@H]2[C@H](N)C(=O)N2Cc2ccccc2)c(OC)c1C. The van der Waals surface area contributed by atoms with E-state index in [0.29, 0.717) is 29.2 Å². The molecule has 1 amide bonds. The molecular weight excluding hydrogens is 320 g/mol. The van der Waals surface area contributed by atoms with Gasteiger partial charge in [-0.05, 0) is 18.6 Å². The van der Waals surface area contributed by atoms with Crippen LogP contribution in [-0.4, -0.2) is 36.2 Å². The molecule has 1 fully saturated rings. The first-order valence-corrected chi connectivity index (χ1v) is 8.04. The third kappa shape index (κ3) is 2.78. The molecule has 0 saturated carbocycles. The lowest BCUT2D eigenvalue weighted by atomic mass is 9.86. The minimum Gasteiger partial charge on any atom is -0.504 e. The number of ether oxygens (including phenoxy) is 2. The summed E-state index contributed by atoms with van der Waals surface area (Å²) in [7, 11) is 3.04. The summed E-state index contributed by atoms with van der Waals surface area (Å²) in [5.74, 6) is 0.806. The fourth-order valence-corrected chi connectivity index (χ4v) is 3.43. The highest BCUT2D eigenvalue weighted by Gasteiger charge is 2.47. The predicted molar refractivity (Wildman–Crippen MR) is 93.7 cm³/mol. The van der Waals surface area contributed by atoms with E-state index in [0.717, 1.165) is 5.56 Å². The maximum atomic E-state index is 12.3. The van der Waals surface area contributed by atoms with Gasteiger partial charge in [-0.25, -0.2) is 0 Å². The van der Waals surface area contributed by atoms with E-state index in [9.17, 15) is 9.90 Å². The van der Waals surface area contributed by atoms with Crippen LogP contribution in [0.15, 0.2) is 36.4 Å². The van der Waals surface area contributed by atoms with Crippen molar-refractivity contribution in [1.29, 1.82) is 0 Å². The zero-order chi connectivity index (χ0) is 18.1. The lowest BCUT2D eigenvalue weighted by molar-refractivity contribution is -0.150. The maximum Gasteiger partial charge on any atom is 0.242 e. The normalized spacial score (nSPS) is 19.5. The van der Waals surface area contributed by atoms with Crippen molar-refractivity contribution in [2.24, 2.45) is 5.73 Å². The van der Waals surface area contributed by atoms with Gasteiger partial charge in [-0.2, -0.15) is 0 Å². The van der Waals surface area contributed by atoms with E-state index in [1.807, 2.05) is 30.3 Å². The van der Waals surface area contributed by atoms with Crippen LogP contribution in [0.3, 0.4) is 0 Å². The van der Waals surface area contributed by atoms with Crippen LogP contribution in [0.25, 0.3) is 0 Å². The topological polar surface area (TPSA) is 85.0 Å². The van der Waals surface area contributed by atoms with Crippen LogP contribution in [0.1, 0.15) is 22.7 Å². The molecule has 0 spiro atoms. The third-order valence-electron chi connectivity index (χ3n) is 4.64. The number of hydrogen-bond donors (Lipinski definition) is 2. The summed E-state index contributed by atoms with van der Waals surface area (Å²) in [6.07, 6.45) is 0. The molecule has 0 bridgehead atoms. The second-order valence-electron chi connectivity index (χ2n) is 6.10. The predicted octanol–water partition coefficient (Wildman–Crippen LogP) is 2.13. The Morgan fingerprint density at radius 1 is 1.16 bits per heavy atom. The average molecular weight is 342 g/mol. The van der Waals surface area contributed by atoms with Gasteiger partial charge in [0.25, 0.3) is 0 Å². The summed E-state index contributed by atoms with van der Waals surface area (Å²) in [4.78, 5) is 14.0. The van der Waals surface area contributed by atoms with Crippen molar-refractivity contribution < 1.29 is 19.4 Å². The molecule has 2 atom stereocenters. The fraction of sp³-hybridized carbons (Fsp3) is 0.316. The van der Waals surface area contributed by atoms with Crippen molar-refractivity contribution in [1.82, 2.24) is 4.90 Å². The van der Waals surface area contributed by atoms with Gasteiger partial charge in [0.05, 0.1) is 20.3 Å². The molecule has 6 nitrogen and oxygen atoms in total. The Labute approximate surface area is 146 Å². The molecule has 132 valence electrons. The van der Waals surface area contributed by atoms with Crippen LogP contribution >= 0.6 is 0 Å². The Bertz CT molecular complexity index is 792. The van der Waals surface area contributed by atoms with E-state index in [1.165, 1.54) is 7.11 Å². The second-order valence-corrected chi connectivity index (χ2v) is 6.10. The molecule has 2 aromatic rings. The van der Waals surface area contributed by atoms with Crippen LogP contribution in [-0.2, 0) is 11.3 Å². The second kappa shape index (κ2) is 6.64. The highest BCUT2D eigenvalue weighted by molar-refractivity contribution is 5.90. The molecular formula is C19H22N2O4. The van der Waals surface area contributed by atoms with Gasteiger partial charge in [0.2, 0.25) is 5.91 Å². The van der Waals surface area contributed by atoms with Crippen molar-refractivity contribution in [3.63, 3.8) is 0 Å². The van der Waals surface area contributed by atoms with Gasteiger partial charge in [-0.3, -0.25) is 4.79 Å². The zero-order valence-electron chi connectivity index (χ0n) is 14.5. The van der Waals surface area contributed by atoms with E-state index in [2.05, 4.69) is 0 Å². The van der Waals surface area contributed by atoms with Crippen molar-refractivity contribution in [3.05, 3.63) is 53.1 Å². The van der Waals surface area contributed by atoms with Crippen LogP contribution in [0, 0.1) is 6.92 Å². The summed E-state index contributed by atoms with van der Waals surface area (Å²) in [5, 5.41) is 10.3. The van der Waals surface area contributed by atoms with Crippen molar-refractivity contribution in [3.8, 4) is 17.2 Å². The van der Waals surface area contributed by atoms with Crippen molar-refractivity contribution in [2.45, 2.75) is 25.6 Å². The summed E-state index contributed by atoms with van der Waals surface area (Å²) in [5.41, 5.74) is 8.45. The minimum absolute atomic E-state index is 0.00186. The number of carbonyl (C=O) groups is 1. The Kier molecular flexibility index (Phi) is 4.55. The first-order valence-electron chi connectivity index (χ1n) is 8.04. The number of carbonyl (C=O) groups excluding carboxylic acids is 1. The van der Waals surface area contributed by atoms with Crippen LogP contribution in [0.4, 0.5) is 0 Å². The number of β-lactam (4-membered cyclic amide) rings is 1. The van der Waals surface area contributed by atoms with E-state index >= 15 is 0 Å². The van der Waals surface area contributed by atoms with Crippen LogP contribution in [0.5, 0.6) is 17.2 Å². The number of likely N-dealkylation sites (tertiary alicyclic amines) is 1. The van der Waals surface area contributed by atoms with Gasteiger partial charge < -0.3 is 25.2 Å². The molecule has 1 heterocycles. The lowest BCUT2D eigenvalue weighted by Crippen LogP contribution is -2.62. The number of nitrogens with zero attached hydrogens (tertiary/aromatic N) is 1. The van der Waals surface area contributed by atoms with Gasteiger partial charge in [0.15, 0.2) is 11.5 Å². The van der Waals surface area contributed by atoms with E-state index in [-0.39, 0.29) is 17.7 Å². The number of methoxy groups -OCH3 is 2. The first-order chi connectivity index (χ1) is 12.0. The molecule has 1 aliphatic rings. The van der Waals surface area contributed by atoms with Gasteiger partial charge >= 0.3 is 0 Å². The Balaban J connectivity index is 2.00. The summed E-state index contributed by atoms with van der Waals surface area (Å²) >= 11 is 0. The molecule has 6 heteroatoms. The molecule has 1 saturated heterocycles. The number of phenolic OH excluding ortho intramolecular Hbond substituents is 1. The molecule has 3 rings (SSSR count). The molecule has 2 aromatic carbocycles. The number of amides is 1. The average Bonchev–Trinajstić information content (AvgIpc) is 2.62. The zero-order valence-corrected chi connectivity index (χ0v) is 14.5. The smallest absolute Gasteiger partial charge is 0.242 e. The number of aromatic hydroxyl groups is 1. The largest absolute Gasteiger partial charge is 0.504 e. The quantitative estimate of drug-likeness (QED) is 0.813. The van der Waals surface area contributed by atoms with E-state index < -0.39 is 6.04 Å².